The van der Waals surface area contributed by atoms with Crippen LogP contribution in [-0.4, -0.2) is 42.3 Å². The number of carbonyl (C=O) groups is 2. The summed E-state index contributed by atoms with van der Waals surface area (Å²) in [7, 11) is -1.67. The number of amides is 2. The number of hydrogen-bond donors (Lipinski definition) is 1. The van der Waals surface area contributed by atoms with Crippen molar-refractivity contribution in [3.05, 3.63) is 0 Å². The van der Waals surface area contributed by atoms with Crippen LogP contribution in [0.15, 0.2) is 0 Å². The second kappa shape index (κ2) is 5.48. The van der Waals surface area contributed by atoms with Crippen LogP contribution in [-0.2, 0) is 4.79 Å². The summed E-state index contributed by atoms with van der Waals surface area (Å²) in [5.41, 5.74) is 2.96. The van der Waals surface area contributed by atoms with Crippen molar-refractivity contribution in [2.75, 3.05) is 0 Å². The van der Waals surface area contributed by atoms with Crippen molar-refractivity contribution >= 4 is 20.1 Å². The standard InChI is InChI=1S/C12H16F3NO3Si/c1-20(2,3)6-4-5-8-7-9(12(13,14)15)16(10(8)17)11(18)19/h8-9H,5,7H2,1-3H3,(H,18,19). The first kappa shape index (κ1) is 16.6. The van der Waals surface area contributed by atoms with Gasteiger partial charge >= 0.3 is 12.3 Å². The second-order valence-electron chi connectivity index (χ2n) is 5.74. The van der Waals surface area contributed by atoms with Crippen LogP contribution in [0.25, 0.3) is 0 Å². The molecule has 2 atom stereocenters. The van der Waals surface area contributed by atoms with Gasteiger partial charge in [0, 0.05) is 6.42 Å². The Labute approximate surface area is 116 Å². The molecule has 0 aromatic rings. The molecule has 8 heteroatoms. The van der Waals surface area contributed by atoms with Crippen molar-refractivity contribution in [1.82, 2.24) is 4.90 Å². The molecular formula is C12H16F3NO3Si. The van der Waals surface area contributed by atoms with Crippen LogP contribution >= 0.6 is 0 Å². The van der Waals surface area contributed by atoms with E-state index < -0.39 is 44.6 Å². The van der Waals surface area contributed by atoms with E-state index in [1.54, 1.807) is 0 Å². The van der Waals surface area contributed by atoms with E-state index in [2.05, 4.69) is 11.5 Å². The van der Waals surface area contributed by atoms with E-state index in [1.807, 2.05) is 19.6 Å². The lowest BCUT2D eigenvalue weighted by Crippen LogP contribution is -2.46. The molecule has 1 fully saturated rings. The van der Waals surface area contributed by atoms with Gasteiger partial charge in [-0.2, -0.15) is 13.2 Å². The smallest absolute Gasteiger partial charge is 0.414 e. The minimum absolute atomic E-state index is 0.0283. The van der Waals surface area contributed by atoms with Crippen LogP contribution < -0.4 is 0 Å². The van der Waals surface area contributed by atoms with Crippen molar-refractivity contribution in [3.8, 4) is 11.5 Å². The number of carbonyl (C=O) groups excluding carboxylic acids is 1. The zero-order valence-corrected chi connectivity index (χ0v) is 12.4. The Morgan fingerprint density at radius 1 is 1.45 bits per heavy atom. The maximum absolute atomic E-state index is 12.7. The molecule has 1 N–H and O–H groups in total. The van der Waals surface area contributed by atoms with Gasteiger partial charge in [-0.1, -0.05) is 19.6 Å². The lowest BCUT2D eigenvalue weighted by Gasteiger charge is -2.21. The fraction of sp³-hybridized carbons (Fsp3) is 0.667. The maximum atomic E-state index is 12.7. The Hall–Kier alpha value is -1.49. The highest BCUT2D eigenvalue weighted by molar-refractivity contribution is 6.83. The predicted molar refractivity (Wildman–Crippen MR) is 68.6 cm³/mol. The van der Waals surface area contributed by atoms with Gasteiger partial charge in [-0.15, -0.1) is 11.5 Å². The first-order valence-electron chi connectivity index (χ1n) is 6.06. The number of carboxylic acid groups (broad SMARTS) is 1. The molecule has 1 aliphatic rings. The summed E-state index contributed by atoms with van der Waals surface area (Å²) in [6.45, 7) is 5.91. The van der Waals surface area contributed by atoms with Gasteiger partial charge in [-0.25, -0.2) is 9.69 Å². The van der Waals surface area contributed by atoms with E-state index in [1.165, 1.54) is 0 Å². The van der Waals surface area contributed by atoms with Crippen LogP contribution in [0.5, 0.6) is 0 Å². The Morgan fingerprint density at radius 3 is 2.35 bits per heavy atom. The van der Waals surface area contributed by atoms with Gasteiger partial charge < -0.3 is 5.11 Å². The molecule has 2 unspecified atom stereocenters. The minimum Gasteiger partial charge on any atom is -0.465 e. The normalized spacial score (nSPS) is 23.5. The summed E-state index contributed by atoms with van der Waals surface area (Å²) >= 11 is 0. The number of nitrogens with zero attached hydrogens (tertiary/aromatic N) is 1. The van der Waals surface area contributed by atoms with E-state index in [9.17, 15) is 22.8 Å². The highest BCUT2D eigenvalue weighted by Gasteiger charge is 2.55. The number of likely N-dealkylation sites (tertiary alicyclic amines) is 1. The number of rotatable bonds is 1. The third-order valence-electron chi connectivity index (χ3n) is 2.80. The lowest BCUT2D eigenvalue weighted by atomic mass is 10.0. The lowest BCUT2D eigenvalue weighted by molar-refractivity contribution is -0.175. The molecule has 0 saturated carbocycles. The number of halogens is 3. The zero-order chi connectivity index (χ0) is 15.7. The molecule has 1 aliphatic heterocycles. The van der Waals surface area contributed by atoms with Gasteiger partial charge in [0.05, 0.1) is 5.92 Å². The van der Waals surface area contributed by atoms with Crippen molar-refractivity contribution in [2.24, 2.45) is 5.92 Å². The van der Waals surface area contributed by atoms with Crippen molar-refractivity contribution in [3.63, 3.8) is 0 Å². The third kappa shape index (κ3) is 4.00. The average molecular weight is 307 g/mol. The SMILES string of the molecule is C[Si](C)(C)C#CCC1CC(C(F)(F)F)N(C(=O)O)C1=O. The molecule has 0 aromatic carbocycles. The fourth-order valence-electron chi connectivity index (χ4n) is 1.94. The first-order valence-corrected chi connectivity index (χ1v) is 9.56. The topological polar surface area (TPSA) is 57.6 Å². The summed E-state index contributed by atoms with van der Waals surface area (Å²) in [5, 5.41) is 8.77. The largest absolute Gasteiger partial charge is 0.465 e. The quantitative estimate of drug-likeness (QED) is 0.598. The van der Waals surface area contributed by atoms with Gasteiger partial charge in [0.15, 0.2) is 0 Å². The molecule has 4 nitrogen and oxygen atoms in total. The monoisotopic (exact) mass is 307 g/mol. The van der Waals surface area contributed by atoms with E-state index in [4.69, 9.17) is 5.11 Å². The molecule has 0 bridgehead atoms. The molecule has 2 amide bonds. The van der Waals surface area contributed by atoms with Crippen LogP contribution in [0.4, 0.5) is 18.0 Å². The number of hydrogen-bond acceptors (Lipinski definition) is 2. The minimum atomic E-state index is -4.74. The molecule has 20 heavy (non-hydrogen) atoms. The fourth-order valence-corrected chi connectivity index (χ4v) is 2.58. The highest BCUT2D eigenvalue weighted by atomic mass is 28.3. The zero-order valence-electron chi connectivity index (χ0n) is 11.4. The van der Waals surface area contributed by atoms with Crippen LogP contribution in [0, 0.1) is 17.4 Å². The molecule has 0 radical (unpaired) electrons. The van der Waals surface area contributed by atoms with Gasteiger partial charge in [-0.3, -0.25) is 4.79 Å². The molecule has 1 saturated heterocycles. The predicted octanol–water partition coefficient (Wildman–Crippen LogP) is 2.71. The summed E-state index contributed by atoms with van der Waals surface area (Å²) in [6.07, 6.45) is -7.18. The summed E-state index contributed by atoms with van der Waals surface area (Å²) < 4.78 is 38.2. The summed E-state index contributed by atoms with van der Waals surface area (Å²) in [4.78, 5) is 22.5. The third-order valence-corrected chi connectivity index (χ3v) is 3.73. The average Bonchev–Trinajstić information content (AvgIpc) is 2.54. The molecule has 1 heterocycles. The summed E-state index contributed by atoms with van der Waals surface area (Å²) in [6, 6.07) is -2.26. The number of imide groups is 1. The highest BCUT2D eigenvalue weighted by Crippen LogP contribution is 2.37. The summed E-state index contributed by atoms with van der Waals surface area (Å²) in [5.74, 6) is 0.725. The van der Waals surface area contributed by atoms with E-state index in [-0.39, 0.29) is 11.3 Å². The van der Waals surface area contributed by atoms with E-state index in [0.717, 1.165) is 0 Å². The second-order valence-corrected chi connectivity index (χ2v) is 10.5. The Balaban J connectivity index is 2.89. The first-order chi connectivity index (χ1) is 8.93. The van der Waals surface area contributed by atoms with Gasteiger partial charge in [-0.05, 0) is 6.42 Å². The van der Waals surface area contributed by atoms with Crippen molar-refractivity contribution < 1.29 is 27.9 Å². The molecule has 0 aliphatic carbocycles. The Kier molecular flexibility index (Phi) is 4.54. The van der Waals surface area contributed by atoms with Crippen molar-refractivity contribution in [1.29, 1.82) is 0 Å². The molecule has 1 rings (SSSR count). The number of alkyl halides is 3. The van der Waals surface area contributed by atoms with Gasteiger partial charge in [0.1, 0.15) is 14.1 Å². The van der Waals surface area contributed by atoms with Gasteiger partial charge in [0.25, 0.3) is 0 Å². The Bertz CT molecular complexity index is 473. The Morgan fingerprint density at radius 2 is 2.00 bits per heavy atom. The van der Waals surface area contributed by atoms with Crippen molar-refractivity contribution in [2.45, 2.75) is 44.7 Å². The van der Waals surface area contributed by atoms with Crippen LogP contribution in [0.3, 0.4) is 0 Å². The maximum Gasteiger partial charge on any atom is 0.414 e. The molecule has 112 valence electrons. The van der Waals surface area contributed by atoms with Gasteiger partial charge in [0.2, 0.25) is 5.91 Å². The molecule has 0 aromatic heterocycles. The van der Waals surface area contributed by atoms with E-state index >= 15 is 0 Å². The van der Waals surface area contributed by atoms with Crippen LogP contribution in [0.1, 0.15) is 12.8 Å². The van der Waals surface area contributed by atoms with E-state index in [0.29, 0.717) is 0 Å². The molecular weight excluding hydrogens is 291 g/mol. The molecule has 0 spiro atoms. The van der Waals surface area contributed by atoms with Crippen LogP contribution in [0.2, 0.25) is 19.6 Å².